The SMILES string of the molecule is O=C(CN1C(=O)CNC2(CCCCCC2)C1=O)OCc1ccccc1. The van der Waals surface area contributed by atoms with Gasteiger partial charge in [-0.2, -0.15) is 0 Å². The van der Waals surface area contributed by atoms with Gasteiger partial charge in [0.15, 0.2) is 0 Å². The zero-order chi connectivity index (χ0) is 17.7. The normalized spacial score (nSPS) is 20.4. The van der Waals surface area contributed by atoms with Crippen molar-refractivity contribution in [3.63, 3.8) is 0 Å². The minimum Gasteiger partial charge on any atom is -0.459 e. The van der Waals surface area contributed by atoms with Gasteiger partial charge in [-0.3, -0.25) is 24.6 Å². The van der Waals surface area contributed by atoms with Crippen LogP contribution >= 0.6 is 0 Å². The van der Waals surface area contributed by atoms with Gasteiger partial charge in [-0.05, 0) is 18.4 Å². The van der Waals surface area contributed by atoms with Crippen LogP contribution in [0.5, 0.6) is 0 Å². The largest absolute Gasteiger partial charge is 0.459 e. The Morgan fingerprint density at radius 1 is 1.08 bits per heavy atom. The highest BCUT2D eigenvalue weighted by Crippen LogP contribution is 2.30. The van der Waals surface area contributed by atoms with E-state index in [1.54, 1.807) is 0 Å². The van der Waals surface area contributed by atoms with E-state index in [9.17, 15) is 14.4 Å². The maximum atomic E-state index is 12.9. The average Bonchev–Trinajstić information content (AvgIpc) is 2.88. The molecule has 0 aromatic heterocycles. The second kappa shape index (κ2) is 7.78. The van der Waals surface area contributed by atoms with Gasteiger partial charge in [-0.15, -0.1) is 0 Å². The number of imide groups is 1. The fraction of sp³-hybridized carbons (Fsp3) is 0.526. The Bertz CT molecular complexity index is 636. The highest BCUT2D eigenvalue weighted by atomic mass is 16.5. The molecule has 2 amide bonds. The van der Waals surface area contributed by atoms with Crippen LogP contribution < -0.4 is 5.32 Å². The third-order valence-corrected chi connectivity index (χ3v) is 5.02. The predicted octanol–water partition coefficient (Wildman–Crippen LogP) is 1.78. The van der Waals surface area contributed by atoms with Crippen molar-refractivity contribution in [2.75, 3.05) is 13.1 Å². The molecule has 2 fully saturated rings. The lowest BCUT2D eigenvalue weighted by molar-refractivity contribution is -0.162. The van der Waals surface area contributed by atoms with Crippen LogP contribution in [0.25, 0.3) is 0 Å². The number of benzene rings is 1. The summed E-state index contributed by atoms with van der Waals surface area (Å²) in [4.78, 5) is 38.3. The number of rotatable bonds is 4. The summed E-state index contributed by atoms with van der Waals surface area (Å²) >= 11 is 0. The number of carbonyl (C=O) groups excluding carboxylic acids is 3. The summed E-state index contributed by atoms with van der Waals surface area (Å²) in [6.07, 6.45) is 5.55. The Balaban J connectivity index is 1.62. The summed E-state index contributed by atoms with van der Waals surface area (Å²) in [5, 5.41) is 3.14. The third kappa shape index (κ3) is 4.07. The molecule has 0 atom stereocenters. The Labute approximate surface area is 147 Å². The second-order valence-electron chi connectivity index (χ2n) is 6.78. The molecular formula is C19H24N2O4. The smallest absolute Gasteiger partial charge is 0.326 e. The van der Waals surface area contributed by atoms with Gasteiger partial charge >= 0.3 is 5.97 Å². The van der Waals surface area contributed by atoms with Crippen LogP contribution in [0.2, 0.25) is 0 Å². The molecule has 25 heavy (non-hydrogen) atoms. The summed E-state index contributed by atoms with van der Waals surface area (Å²) in [5.74, 6) is -1.20. The van der Waals surface area contributed by atoms with Gasteiger partial charge in [0.25, 0.3) is 0 Å². The molecule has 134 valence electrons. The molecule has 1 aromatic rings. The lowest BCUT2D eigenvalue weighted by Gasteiger charge is -2.40. The third-order valence-electron chi connectivity index (χ3n) is 5.02. The lowest BCUT2D eigenvalue weighted by Crippen LogP contribution is -2.67. The van der Waals surface area contributed by atoms with Gasteiger partial charge < -0.3 is 4.74 Å². The zero-order valence-electron chi connectivity index (χ0n) is 14.3. The number of nitrogens with one attached hydrogen (secondary N) is 1. The first kappa shape index (κ1) is 17.6. The van der Waals surface area contributed by atoms with Crippen LogP contribution in [0.3, 0.4) is 0 Å². The number of hydrogen-bond donors (Lipinski definition) is 1. The number of hydrogen-bond acceptors (Lipinski definition) is 5. The van der Waals surface area contributed by atoms with E-state index in [1.165, 1.54) is 0 Å². The van der Waals surface area contributed by atoms with Crippen LogP contribution in [0, 0.1) is 0 Å². The minimum atomic E-state index is -0.690. The maximum Gasteiger partial charge on any atom is 0.326 e. The van der Waals surface area contributed by atoms with Gasteiger partial charge in [0.05, 0.1) is 12.1 Å². The lowest BCUT2D eigenvalue weighted by atomic mass is 9.86. The number of nitrogens with zero attached hydrogens (tertiary/aromatic N) is 1. The molecule has 6 nitrogen and oxygen atoms in total. The predicted molar refractivity (Wildman–Crippen MR) is 91.4 cm³/mol. The van der Waals surface area contributed by atoms with Crippen LogP contribution in [0.4, 0.5) is 0 Å². The molecule has 1 N–H and O–H groups in total. The van der Waals surface area contributed by atoms with Crippen LogP contribution in [-0.4, -0.2) is 41.3 Å². The summed E-state index contributed by atoms with van der Waals surface area (Å²) in [5.41, 5.74) is 0.179. The van der Waals surface area contributed by atoms with Crippen molar-refractivity contribution in [3.05, 3.63) is 35.9 Å². The Kier molecular flexibility index (Phi) is 5.48. The molecule has 0 unspecified atom stereocenters. The van der Waals surface area contributed by atoms with Crippen molar-refractivity contribution in [1.82, 2.24) is 10.2 Å². The number of piperazine rings is 1. The van der Waals surface area contributed by atoms with Gasteiger partial charge in [-0.1, -0.05) is 56.0 Å². The molecule has 1 saturated carbocycles. The molecular weight excluding hydrogens is 320 g/mol. The number of esters is 1. The molecule has 0 radical (unpaired) electrons. The molecule has 3 rings (SSSR count). The maximum absolute atomic E-state index is 12.9. The van der Waals surface area contributed by atoms with Crippen molar-refractivity contribution >= 4 is 17.8 Å². The van der Waals surface area contributed by atoms with Crippen molar-refractivity contribution in [3.8, 4) is 0 Å². The van der Waals surface area contributed by atoms with E-state index in [0.717, 1.165) is 36.1 Å². The van der Waals surface area contributed by atoms with E-state index in [4.69, 9.17) is 4.74 Å². The first-order valence-electron chi connectivity index (χ1n) is 8.90. The molecule has 1 aliphatic carbocycles. The summed E-state index contributed by atoms with van der Waals surface area (Å²) in [6.45, 7) is -0.0784. The molecule has 1 spiro atoms. The van der Waals surface area contributed by atoms with Gasteiger partial charge in [-0.25, -0.2) is 0 Å². The summed E-state index contributed by atoms with van der Waals surface area (Å²) in [6, 6.07) is 9.32. The van der Waals surface area contributed by atoms with Crippen LogP contribution in [0.15, 0.2) is 30.3 Å². The Morgan fingerprint density at radius 2 is 1.76 bits per heavy atom. The topological polar surface area (TPSA) is 75.7 Å². The van der Waals surface area contributed by atoms with E-state index in [-0.39, 0.29) is 31.5 Å². The molecule has 0 bridgehead atoms. The number of amides is 2. The van der Waals surface area contributed by atoms with Crippen molar-refractivity contribution < 1.29 is 19.1 Å². The summed E-state index contributed by atoms with van der Waals surface area (Å²) < 4.78 is 5.22. The van der Waals surface area contributed by atoms with Crippen molar-refractivity contribution in [1.29, 1.82) is 0 Å². The highest BCUT2D eigenvalue weighted by molar-refractivity contribution is 6.05. The fourth-order valence-electron chi connectivity index (χ4n) is 3.58. The van der Waals surface area contributed by atoms with E-state index in [0.29, 0.717) is 12.8 Å². The number of ether oxygens (including phenoxy) is 1. The monoisotopic (exact) mass is 344 g/mol. The molecule has 2 aliphatic rings. The molecule has 6 heteroatoms. The Hall–Kier alpha value is -2.21. The van der Waals surface area contributed by atoms with Crippen LogP contribution in [0.1, 0.15) is 44.1 Å². The van der Waals surface area contributed by atoms with E-state index in [2.05, 4.69) is 5.32 Å². The zero-order valence-corrected chi connectivity index (χ0v) is 14.3. The molecule has 1 heterocycles. The fourth-order valence-corrected chi connectivity index (χ4v) is 3.58. The first-order valence-corrected chi connectivity index (χ1v) is 8.90. The standard InChI is InChI=1S/C19H24N2O4/c22-16-12-20-19(10-6-1-2-7-11-19)18(24)21(16)13-17(23)25-14-15-8-4-3-5-9-15/h3-5,8-9,20H,1-2,6-7,10-14H2. The second-order valence-corrected chi connectivity index (χ2v) is 6.78. The number of carbonyl (C=O) groups is 3. The van der Waals surface area contributed by atoms with E-state index in [1.807, 2.05) is 30.3 Å². The van der Waals surface area contributed by atoms with E-state index < -0.39 is 11.5 Å². The van der Waals surface area contributed by atoms with Crippen LogP contribution in [-0.2, 0) is 25.7 Å². The summed E-state index contributed by atoms with van der Waals surface area (Å²) in [7, 11) is 0. The first-order chi connectivity index (χ1) is 12.1. The quantitative estimate of drug-likeness (QED) is 0.666. The molecule has 1 aromatic carbocycles. The van der Waals surface area contributed by atoms with E-state index >= 15 is 0 Å². The molecule has 1 saturated heterocycles. The Morgan fingerprint density at radius 3 is 2.44 bits per heavy atom. The molecule has 1 aliphatic heterocycles. The van der Waals surface area contributed by atoms with Crippen molar-refractivity contribution in [2.45, 2.75) is 50.7 Å². The minimum absolute atomic E-state index is 0.0949. The highest BCUT2D eigenvalue weighted by Gasteiger charge is 2.47. The van der Waals surface area contributed by atoms with Gasteiger partial charge in [0, 0.05) is 0 Å². The van der Waals surface area contributed by atoms with Crippen molar-refractivity contribution in [2.24, 2.45) is 0 Å². The van der Waals surface area contributed by atoms with Gasteiger partial charge in [0.1, 0.15) is 13.2 Å². The van der Waals surface area contributed by atoms with Gasteiger partial charge in [0.2, 0.25) is 11.8 Å². The average molecular weight is 344 g/mol.